The highest BCUT2D eigenvalue weighted by Gasteiger charge is 2.20. The van der Waals surface area contributed by atoms with E-state index in [0.717, 1.165) is 78.0 Å². The molecule has 0 saturated heterocycles. The largest absolute Gasteiger partial charge is 0.456 e. The van der Waals surface area contributed by atoms with Crippen molar-refractivity contribution in [2.75, 3.05) is 0 Å². The Balaban J connectivity index is 1.21. The molecule has 238 valence electrons. The zero-order valence-electron chi connectivity index (χ0n) is 27.1. The Morgan fingerprint density at radius 3 is 1.27 bits per heavy atom. The maximum atomic E-state index is 6.48. The molecule has 7 nitrogen and oxygen atoms in total. The summed E-state index contributed by atoms with van der Waals surface area (Å²) in [7, 11) is 0. The van der Waals surface area contributed by atoms with Crippen LogP contribution in [-0.4, -0.2) is 27.9 Å². The fourth-order valence-corrected chi connectivity index (χ4v) is 8.20. The van der Waals surface area contributed by atoms with Crippen molar-refractivity contribution < 1.29 is 4.42 Å². The van der Waals surface area contributed by atoms with Crippen molar-refractivity contribution in [1.82, 2.24) is 27.9 Å². The molecule has 0 spiro atoms. The predicted octanol–water partition coefficient (Wildman–Crippen LogP) is 10.8. The molecule has 7 aromatic carbocycles. The molecule has 0 radical (unpaired) electrons. The van der Waals surface area contributed by atoms with E-state index in [-0.39, 0.29) is 0 Å². The van der Waals surface area contributed by atoms with Gasteiger partial charge in [0, 0.05) is 27.2 Å². The van der Waals surface area contributed by atoms with Crippen LogP contribution in [0.15, 0.2) is 162 Å². The van der Waals surface area contributed by atoms with Gasteiger partial charge in [-0.3, -0.25) is 8.80 Å². The number of benzene rings is 7. The summed E-state index contributed by atoms with van der Waals surface area (Å²) in [5, 5.41) is 4.55. The predicted molar refractivity (Wildman–Crippen MR) is 206 cm³/mol. The molecule has 0 fully saturated rings. The molecule has 12 aromatic rings. The number of aromatic nitrogens is 6. The van der Waals surface area contributed by atoms with Crippen molar-refractivity contribution in [2.45, 2.75) is 0 Å². The van der Waals surface area contributed by atoms with Gasteiger partial charge in [0.25, 0.3) is 0 Å². The van der Waals surface area contributed by atoms with Crippen LogP contribution in [0.25, 0.3) is 99.8 Å². The summed E-state index contributed by atoms with van der Waals surface area (Å²) in [4.78, 5) is 10.6. The molecule has 0 atom stereocenters. The van der Waals surface area contributed by atoms with E-state index in [4.69, 9.17) is 14.4 Å². The lowest BCUT2D eigenvalue weighted by Crippen LogP contribution is -2.01. The average molecular weight is 655 g/mol. The summed E-state index contributed by atoms with van der Waals surface area (Å²) in [5.74, 6) is 1.55. The van der Waals surface area contributed by atoms with E-state index < -0.39 is 0 Å². The van der Waals surface area contributed by atoms with Crippen molar-refractivity contribution in [3.05, 3.63) is 158 Å². The van der Waals surface area contributed by atoms with Gasteiger partial charge in [-0.25, -0.2) is 14.5 Å². The minimum Gasteiger partial charge on any atom is -0.456 e. The first-order valence-electron chi connectivity index (χ1n) is 17.1. The molecule has 5 heterocycles. The third-order valence-electron chi connectivity index (χ3n) is 10.4. The molecule has 0 saturated carbocycles. The smallest absolute Gasteiger partial charge is 0.223 e. The monoisotopic (exact) mass is 654 g/mol. The second kappa shape index (κ2) is 9.74. The minimum absolute atomic E-state index is 0.774. The van der Waals surface area contributed by atoms with Gasteiger partial charge in [0.1, 0.15) is 11.2 Å². The second-order valence-corrected chi connectivity index (χ2v) is 13.1. The van der Waals surface area contributed by atoms with Gasteiger partial charge in [-0.2, -0.15) is 0 Å². The SMILES string of the molecule is c1ccc2c(c1)nc1n(-c3ccc4oc5ccc(-n6c7ccccc7c7ccccc76)cc5c4c3)c3nc4ccccc4n3c3ccccc3n21. The zero-order valence-corrected chi connectivity index (χ0v) is 27.1. The lowest BCUT2D eigenvalue weighted by atomic mass is 10.1. The van der Waals surface area contributed by atoms with E-state index in [1.54, 1.807) is 0 Å². The fourth-order valence-electron chi connectivity index (χ4n) is 8.20. The Morgan fingerprint density at radius 2 is 0.765 bits per heavy atom. The maximum Gasteiger partial charge on any atom is 0.223 e. The third-order valence-corrected chi connectivity index (χ3v) is 10.4. The van der Waals surface area contributed by atoms with Crippen LogP contribution in [0.2, 0.25) is 0 Å². The number of fused-ring (bicyclic) bond motifs is 15. The Labute approximate surface area is 289 Å². The quantitative estimate of drug-likeness (QED) is 0.186. The van der Waals surface area contributed by atoms with Gasteiger partial charge in [-0.05, 0) is 84.9 Å². The highest BCUT2D eigenvalue weighted by Crippen LogP contribution is 2.37. The topological polar surface area (TPSA) is 57.6 Å². The summed E-state index contributed by atoms with van der Waals surface area (Å²) in [5.41, 5.74) is 12.0. The van der Waals surface area contributed by atoms with E-state index in [2.05, 4.69) is 164 Å². The first-order chi connectivity index (χ1) is 25.3. The van der Waals surface area contributed by atoms with Crippen LogP contribution in [0.5, 0.6) is 0 Å². The lowest BCUT2D eigenvalue weighted by molar-refractivity contribution is 0.669. The van der Waals surface area contributed by atoms with Crippen LogP contribution in [0.4, 0.5) is 0 Å². The Hall–Kier alpha value is -7.12. The van der Waals surface area contributed by atoms with Crippen LogP contribution in [0.1, 0.15) is 0 Å². The van der Waals surface area contributed by atoms with Crippen LogP contribution in [0, 0.1) is 0 Å². The molecule has 0 aliphatic rings. The Morgan fingerprint density at radius 1 is 0.353 bits per heavy atom. The third kappa shape index (κ3) is 3.56. The van der Waals surface area contributed by atoms with Crippen LogP contribution in [-0.2, 0) is 0 Å². The van der Waals surface area contributed by atoms with Gasteiger partial charge in [-0.15, -0.1) is 0 Å². The number of para-hydroxylation sites is 8. The molecule has 51 heavy (non-hydrogen) atoms. The summed E-state index contributed by atoms with van der Waals surface area (Å²) in [6.45, 7) is 0. The molecule has 7 heteroatoms. The number of hydrogen-bond donors (Lipinski definition) is 0. The number of imidazole rings is 2. The second-order valence-electron chi connectivity index (χ2n) is 13.1. The van der Waals surface area contributed by atoms with Gasteiger partial charge < -0.3 is 8.98 Å². The summed E-state index contributed by atoms with van der Waals surface area (Å²) in [6, 6.07) is 55.3. The van der Waals surface area contributed by atoms with Crippen molar-refractivity contribution in [2.24, 2.45) is 0 Å². The number of furan rings is 1. The minimum atomic E-state index is 0.774. The molecular formula is C44H26N6O. The standard InChI is InChI=1S/C44H26N6O/c1-5-15-35-29(11-1)30-12-2-6-16-36(30)47(35)27-21-23-41-31(25-27)32-26-28(22-24-42(32)51-41)48-43-45-33-13-3-7-17-37(33)49(43)39-19-9-10-20-40(39)50-38-18-8-4-14-34(38)46-44(48)50/h1-26H. The highest BCUT2D eigenvalue weighted by molar-refractivity contribution is 6.11. The lowest BCUT2D eigenvalue weighted by Gasteiger charge is -2.08. The molecule has 0 aliphatic carbocycles. The van der Waals surface area contributed by atoms with Gasteiger partial charge in [0.15, 0.2) is 0 Å². The molecule has 0 amide bonds. The summed E-state index contributed by atoms with van der Waals surface area (Å²) in [6.07, 6.45) is 0. The van der Waals surface area contributed by atoms with Crippen molar-refractivity contribution in [1.29, 1.82) is 0 Å². The van der Waals surface area contributed by atoms with Crippen molar-refractivity contribution in [3.63, 3.8) is 0 Å². The first kappa shape index (κ1) is 26.8. The first-order valence-corrected chi connectivity index (χ1v) is 17.1. The van der Waals surface area contributed by atoms with E-state index >= 15 is 0 Å². The zero-order chi connectivity index (χ0) is 33.2. The Kier molecular flexibility index (Phi) is 5.12. The van der Waals surface area contributed by atoms with Crippen molar-refractivity contribution in [3.8, 4) is 11.4 Å². The summed E-state index contributed by atoms with van der Waals surface area (Å²) < 4.78 is 15.5. The van der Waals surface area contributed by atoms with Crippen molar-refractivity contribution >= 4 is 88.4 Å². The number of hydrogen-bond acceptors (Lipinski definition) is 3. The maximum absolute atomic E-state index is 6.48. The Bertz CT molecular complexity index is 3280. The number of rotatable bonds is 2. The molecule has 0 N–H and O–H groups in total. The summed E-state index contributed by atoms with van der Waals surface area (Å²) >= 11 is 0. The molecular weight excluding hydrogens is 629 g/mol. The van der Waals surface area contributed by atoms with Gasteiger partial charge in [-0.1, -0.05) is 72.8 Å². The average Bonchev–Trinajstić information content (AvgIpc) is 3.92. The van der Waals surface area contributed by atoms with Gasteiger partial charge in [0.05, 0.1) is 49.8 Å². The van der Waals surface area contributed by atoms with Crippen LogP contribution < -0.4 is 0 Å². The van der Waals surface area contributed by atoms with E-state index in [9.17, 15) is 0 Å². The molecule has 0 bridgehead atoms. The molecule has 0 unspecified atom stereocenters. The normalized spacial score (nSPS) is 12.3. The fraction of sp³-hybridized carbons (Fsp3) is 0. The van der Waals surface area contributed by atoms with E-state index in [1.807, 2.05) is 12.1 Å². The number of nitrogens with zero attached hydrogens (tertiary/aromatic N) is 6. The van der Waals surface area contributed by atoms with Gasteiger partial charge >= 0.3 is 0 Å². The molecule has 0 aliphatic heterocycles. The van der Waals surface area contributed by atoms with E-state index in [1.165, 1.54) is 21.8 Å². The van der Waals surface area contributed by atoms with Gasteiger partial charge in [0.2, 0.25) is 11.6 Å². The molecule has 5 aromatic heterocycles. The van der Waals surface area contributed by atoms with Crippen LogP contribution >= 0.6 is 0 Å². The van der Waals surface area contributed by atoms with E-state index in [0.29, 0.717) is 0 Å². The van der Waals surface area contributed by atoms with Crippen LogP contribution in [0.3, 0.4) is 0 Å². The molecule has 12 rings (SSSR count). The highest BCUT2D eigenvalue weighted by atomic mass is 16.3.